The van der Waals surface area contributed by atoms with Crippen LogP contribution in [0, 0.1) is 0 Å². The van der Waals surface area contributed by atoms with Crippen molar-refractivity contribution in [1.82, 2.24) is 9.78 Å². The summed E-state index contributed by atoms with van der Waals surface area (Å²) < 4.78 is 1.90. The Kier molecular flexibility index (Phi) is 2.17. The Balaban J connectivity index is 2.24. The number of hydrogen-bond donors (Lipinski definition) is 0. The fourth-order valence-corrected chi connectivity index (χ4v) is 1.64. The predicted octanol–water partition coefficient (Wildman–Crippen LogP) is 2.20. The lowest BCUT2D eigenvalue weighted by Crippen LogP contribution is -2.21. The zero-order valence-corrected chi connectivity index (χ0v) is 7.86. The van der Waals surface area contributed by atoms with Crippen molar-refractivity contribution in [3.8, 4) is 0 Å². The number of hydrogen-bond acceptors (Lipinski definition) is 2. The van der Waals surface area contributed by atoms with E-state index in [1.54, 1.807) is 6.20 Å². The van der Waals surface area contributed by atoms with Crippen LogP contribution in [0.25, 0.3) is 0 Å². The molecule has 2 rings (SSSR count). The van der Waals surface area contributed by atoms with Crippen molar-refractivity contribution in [3.63, 3.8) is 0 Å². The Morgan fingerprint density at radius 1 is 1.69 bits per heavy atom. The molecule has 1 fully saturated rings. The summed E-state index contributed by atoms with van der Waals surface area (Å²) in [5, 5.41) is 4.20. The third-order valence-corrected chi connectivity index (χ3v) is 2.70. The summed E-state index contributed by atoms with van der Waals surface area (Å²) in [6, 6.07) is 2.31. The lowest BCUT2D eigenvalue weighted by Gasteiger charge is -2.27. The Bertz CT molecular complexity index is 312. The van der Waals surface area contributed by atoms with E-state index < -0.39 is 0 Å². The number of carbonyl (C=O) groups is 1. The van der Waals surface area contributed by atoms with Crippen molar-refractivity contribution < 1.29 is 4.79 Å². The molecule has 3 heteroatoms. The number of Topliss-reactive ketones (excluding diaryl/α,β-unsaturated/α-hetero) is 1. The third-order valence-electron chi connectivity index (χ3n) is 2.70. The van der Waals surface area contributed by atoms with E-state index in [0.29, 0.717) is 12.5 Å². The molecule has 3 nitrogen and oxygen atoms in total. The first kappa shape index (κ1) is 8.48. The molecule has 0 atom stereocenters. The van der Waals surface area contributed by atoms with Gasteiger partial charge in [0.05, 0.1) is 6.04 Å². The number of carbonyl (C=O) groups excluding carboxylic acids is 1. The average Bonchev–Trinajstić information content (AvgIpc) is 2.49. The monoisotopic (exact) mass is 178 g/mol. The van der Waals surface area contributed by atoms with E-state index in [9.17, 15) is 4.79 Å². The van der Waals surface area contributed by atoms with Gasteiger partial charge in [-0.1, -0.05) is 6.92 Å². The molecule has 0 unspecified atom stereocenters. The Labute approximate surface area is 77.7 Å². The van der Waals surface area contributed by atoms with E-state index >= 15 is 0 Å². The Morgan fingerprint density at radius 3 is 3.00 bits per heavy atom. The van der Waals surface area contributed by atoms with Gasteiger partial charge in [0, 0.05) is 12.6 Å². The van der Waals surface area contributed by atoms with Crippen LogP contribution in [0.3, 0.4) is 0 Å². The van der Waals surface area contributed by atoms with Crippen molar-refractivity contribution in [1.29, 1.82) is 0 Å². The summed E-state index contributed by atoms with van der Waals surface area (Å²) in [4.78, 5) is 11.5. The van der Waals surface area contributed by atoms with E-state index in [1.165, 1.54) is 19.3 Å². The van der Waals surface area contributed by atoms with E-state index in [4.69, 9.17) is 0 Å². The maximum absolute atomic E-state index is 11.5. The maximum Gasteiger partial charge on any atom is 0.180 e. The van der Waals surface area contributed by atoms with Crippen molar-refractivity contribution in [2.75, 3.05) is 0 Å². The molecule has 13 heavy (non-hydrogen) atoms. The maximum atomic E-state index is 11.5. The summed E-state index contributed by atoms with van der Waals surface area (Å²) in [6.45, 7) is 1.89. The largest absolute Gasteiger partial charge is 0.292 e. The molecule has 1 heterocycles. The second kappa shape index (κ2) is 3.32. The molecule has 1 aromatic rings. The van der Waals surface area contributed by atoms with Crippen LogP contribution in [0.5, 0.6) is 0 Å². The molecule has 70 valence electrons. The molecule has 0 aromatic carbocycles. The van der Waals surface area contributed by atoms with Gasteiger partial charge in [-0.3, -0.25) is 9.48 Å². The summed E-state index contributed by atoms with van der Waals surface area (Å²) in [5.74, 6) is 0.199. The molecule has 0 radical (unpaired) electrons. The molecular formula is C10H14N2O. The highest BCUT2D eigenvalue weighted by Crippen LogP contribution is 2.31. The predicted molar refractivity (Wildman–Crippen MR) is 49.7 cm³/mol. The number of ketones is 1. The molecule has 0 amide bonds. The van der Waals surface area contributed by atoms with Crippen LogP contribution in [-0.4, -0.2) is 15.6 Å². The normalized spacial score (nSPS) is 17.0. The van der Waals surface area contributed by atoms with Gasteiger partial charge in [-0.2, -0.15) is 5.10 Å². The minimum Gasteiger partial charge on any atom is -0.292 e. The van der Waals surface area contributed by atoms with Crippen LogP contribution in [-0.2, 0) is 0 Å². The van der Waals surface area contributed by atoms with Crippen LogP contribution >= 0.6 is 0 Å². The molecule has 0 aliphatic heterocycles. The first-order valence-corrected chi connectivity index (χ1v) is 4.89. The van der Waals surface area contributed by atoms with E-state index in [2.05, 4.69) is 5.10 Å². The molecule has 0 bridgehead atoms. The van der Waals surface area contributed by atoms with Gasteiger partial charge in [0.1, 0.15) is 5.69 Å². The van der Waals surface area contributed by atoms with Crippen molar-refractivity contribution in [2.24, 2.45) is 0 Å². The molecule has 1 saturated carbocycles. The average molecular weight is 178 g/mol. The lowest BCUT2D eigenvalue weighted by molar-refractivity contribution is 0.0970. The van der Waals surface area contributed by atoms with E-state index in [0.717, 1.165) is 5.69 Å². The zero-order chi connectivity index (χ0) is 9.26. The highest BCUT2D eigenvalue weighted by atomic mass is 16.1. The van der Waals surface area contributed by atoms with Gasteiger partial charge in [-0.15, -0.1) is 0 Å². The van der Waals surface area contributed by atoms with Crippen molar-refractivity contribution >= 4 is 5.78 Å². The third kappa shape index (κ3) is 1.39. The van der Waals surface area contributed by atoms with Crippen LogP contribution in [0.15, 0.2) is 12.3 Å². The van der Waals surface area contributed by atoms with Gasteiger partial charge < -0.3 is 0 Å². The highest BCUT2D eigenvalue weighted by Gasteiger charge is 2.23. The quantitative estimate of drug-likeness (QED) is 0.665. The smallest absolute Gasteiger partial charge is 0.180 e. The first-order chi connectivity index (χ1) is 6.33. The molecule has 1 aromatic heterocycles. The van der Waals surface area contributed by atoms with Crippen molar-refractivity contribution in [2.45, 2.75) is 38.6 Å². The zero-order valence-electron chi connectivity index (χ0n) is 7.86. The highest BCUT2D eigenvalue weighted by molar-refractivity contribution is 5.94. The Hall–Kier alpha value is -1.12. The summed E-state index contributed by atoms with van der Waals surface area (Å²) >= 11 is 0. The molecule has 1 aliphatic rings. The number of nitrogens with zero attached hydrogens (tertiary/aromatic N) is 2. The fraction of sp³-hybridized carbons (Fsp3) is 0.600. The molecule has 0 saturated heterocycles. The number of aromatic nitrogens is 2. The minimum absolute atomic E-state index is 0.199. The minimum atomic E-state index is 0.199. The Morgan fingerprint density at radius 2 is 2.46 bits per heavy atom. The summed E-state index contributed by atoms with van der Waals surface area (Å²) in [7, 11) is 0. The van der Waals surface area contributed by atoms with Gasteiger partial charge in [-0.05, 0) is 25.3 Å². The van der Waals surface area contributed by atoms with Crippen LogP contribution in [0.2, 0.25) is 0 Å². The first-order valence-electron chi connectivity index (χ1n) is 4.89. The van der Waals surface area contributed by atoms with E-state index in [1.807, 2.05) is 17.7 Å². The molecule has 0 spiro atoms. The van der Waals surface area contributed by atoms with Gasteiger partial charge >= 0.3 is 0 Å². The summed E-state index contributed by atoms with van der Waals surface area (Å²) in [5.41, 5.74) is 0.784. The molecule has 1 aliphatic carbocycles. The van der Waals surface area contributed by atoms with Crippen molar-refractivity contribution in [3.05, 3.63) is 18.0 Å². The molecule has 0 N–H and O–H groups in total. The molecular weight excluding hydrogens is 164 g/mol. The fourth-order valence-electron chi connectivity index (χ4n) is 1.64. The summed E-state index contributed by atoms with van der Waals surface area (Å²) in [6.07, 6.45) is 5.90. The second-order valence-electron chi connectivity index (χ2n) is 3.52. The van der Waals surface area contributed by atoms with Gasteiger partial charge in [0.2, 0.25) is 0 Å². The van der Waals surface area contributed by atoms with Crippen LogP contribution in [0.1, 0.15) is 49.1 Å². The van der Waals surface area contributed by atoms with Crippen LogP contribution < -0.4 is 0 Å². The lowest BCUT2D eigenvalue weighted by atomic mass is 9.93. The van der Waals surface area contributed by atoms with Gasteiger partial charge in [0.15, 0.2) is 5.78 Å². The van der Waals surface area contributed by atoms with Gasteiger partial charge in [0.25, 0.3) is 0 Å². The van der Waals surface area contributed by atoms with Crippen LogP contribution in [0.4, 0.5) is 0 Å². The second-order valence-corrected chi connectivity index (χ2v) is 3.52. The van der Waals surface area contributed by atoms with E-state index in [-0.39, 0.29) is 5.78 Å². The SMILES string of the molecule is CCC(=O)c1ccnn1C1CCC1. The standard InChI is InChI=1S/C10H14N2O/c1-2-10(13)9-6-7-11-12(9)8-4-3-5-8/h6-8H,2-5H2,1H3. The van der Waals surface area contributed by atoms with Gasteiger partial charge in [-0.25, -0.2) is 0 Å². The topological polar surface area (TPSA) is 34.9 Å². The number of rotatable bonds is 3.